The number of carbonyl (C=O) groups is 1. The van der Waals surface area contributed by atoms with Gasteiger partial charge in [-0.15, -0.1) is 0 Å². The van der Waals surface area contributed by atoms with Crippen molar-refractivity contribution in [1.82, 2.24) is 15.0 Å². The largest absolute Gasteiger partial charge is 0.467 e. The molecule has 0 radical (unpaired) electrons. The molecule has 3 aromatic rings. The van der Waals surface area contributed by atoms with E-state index in [9.17, 15) is 13.6 Å². The number of carbonyl (C=O) groups excluding carboxylic acids is 1. The number of benzene rings is 1. The van der Waals surface area contributed by atoms with E-state index >= 15 is 0 Å². The topological polar surface area (TPSA) is 68.5 Å². The molecule has 2 aromatic heterocycles. The number of thiazole rings is 1. The predicted molar refractivity (Wildman–Crippen MR) is 90.3 cm³/mol. The summed E-state index contributed by atoms with van der Waals surface area (Å²) in [5, 5.41) is 4.05. The molecule has 0 spiro atoms. The summed E-state index contributed by atoms with van der Waals surface area (Å²) in [6, 6.07) is 3.66. The van der Waals surface area contributed by atoms with Crippen LogP contribution in [0, 0.1) is 18.6 Å². The summed E-state index contributed by atoms with van der Waals surface area (Å²) in [6.45, 7) is 2.77. The van der Waals surface area contributed by atoms with Crippen molar-refractivity contribution in [3.63, 3.8) is 0 Å². The van der Waals surface area contributed by atoms with E-state index in [2.05, 4.69) is 10.1 Å². The van der Waals surface area contributed by atoms with Crippen molar-refractivity contribution in [3.05, 3.63) is 41.3 Å². The highest BCUT2D eigenvalue weighted by atomic mass is 32.1. The normalized spacial score (nSPS) is 15.6. The minimum atomic E-state index is -0.700. The summed E-state index contributed by atoms with van der Waals surface area (Å²) in [5.41, 5.74) is 0.408. The van der Waals surface area contributed by atoms with Crippen LogP contribution in [0.4, 0.5) is 8.78 Å². The van der Waals surface area contributed by atoms with Gasteiger partial charge in [0.05, 0.1) is 4.70 Å². The Labute approximate surface area is 151 Å². The number of ether oxygens (including phenoxy) is 1. The number of fused-ring (bicyclic) bond motifs is 1. The zero-order valence-corrected chi connectivity index (χ0v) is 14.7. The van der Waals surface area contributed by atoms with Gasteiger partial charge in [-0.2, -0.15) is 4.98 Å². The smallest absolute Gasteiger partial charge is 0.276 e. The third kappa shape index (κ3) is 3.26. The maximum atomic E-state index is 13.7. The van der Waals surface area contributed by atoms with Gasteiger partial charge in [-0.25, -0.2) is 8.78 Å². The third-order valence-corrected chi connectivity index (χ3v) is 5.13. The minimum absolute atomic E-state index is 0.111. The number of rotatable bonds is 3. The average Bonchev–Trinajstić information content (AvgIpc) is 3.21. The molecule has 6 nitrogen and oxygen atoms in total. The first-order valence-corrected chi connectivity index (χ1v) is 8.96. The number of hydrogen-bond donors (Lipinski definition) is 0. The molecule has 9 heteroatoms. The molecule has 136 valence electrons. The van der Waals surface area contributed by atoms with Gasteiger partial charge in [0.25, 0.3) is 11.1 Å². The van der Waals surface area contributed by atoms with Gasteiger partial charge < -0.3 is 14.2 Å². The SMILES string of the molecule is Cc1cc(C(=O)N2CCC(Oc3nc4c(F)cc(F)cc4s3)CC2)no1. The van der Waals surface area contributed by atoms with E-state index in [0.29, 0.717) is 47.3 Å². The molecule has 1 amide bonds. The second kappa shape index (κ2) is 6.64. The first-order chi connectivity index (χ1) is 12.5. The molecular formula is C17H15F2N3O3S. The highest BCUT2D eigenvalue weighted by Crippen LogP contribution is 2.32. The van der Waals surface area contributed by atoms with Gasteiger partial charge in [0, 0.05) is 38.1 Å². The number of halogens is 2. The van der Waals surface area contributed by atoms with Crippen molar-refractivity contribution < 1.29 is 22.8 Å². The maximum absolute atomic E-state index is 13.7. The number of amides is 1. The van der Waals surface area contributed by atoms with Crippen LogP contribution in [0.3, 0.4) is 0 Å². The number of aryl methyl sites for hydroxylation is 1. The van der Waals surface area contributed by atoms with Crippen LogP contribution >= 0.6 is 11.3 Å². The van der Waals surface area contributed by atoms with E-state index in [4.69, 9.17) is 9.26 Å². The van der Waals surface area contributed by atoms with Crippen molar-refractivity contribution in [2.45, 2.75) is 25.9 Å². The molecule has 1 fully saturated rings. The number of nitrogens with zero attached hydrogens (tertiary/aromatic N) is 3. The molecular weight excluding hydrogens is 364 g/mol. The Kier molecular flexibility index (Phi) is 4.31. The molecule has 3 heterocycles. The second-order valence-corrected chi connectivity index (χ2v) is 7.14. The number of likely N-dealkylation sites (tertiary alicyclic amines) is 1. The average molecular weight is 379 g/mol. The van der Waals surface area contributed by atoms with Gasteiger partial charge >= 0.3 is 0 Å². The fourth-order valence-corrected chi connectivity index (χ4v) is 3.86. The summed E-state index contributed by atoms with van der Waals surface area (Å²) in [7, 11) is 0. The Bertz CT molecular complexity index is 963. The fourth-order valence-electron chi connectivity index (χ4n) is 2.94. The summed E-state index contributed by atoms with van der Waals surface area (Å²) < 4.78 is 38.2. The first-order valence-electron chi connectivity index (χ1n) is 8.14. The van der Waals surface area contributed by atoms with Crippen LogP contribution in [-0.2, 0) is 0 Å². The quantitative estimate of drug-likeness (QED) is 0.696. The highest BCUT2D eigenvalue weighted by Gasteiger charge is 2.27. The van der Waals surface area contributed by atoms with E-state index in [1.54, 1.807) is 17.9 Å². The Morgan fingerprint density at radius 2 is 2.08 bits per heavy atom. The summed E-state index contributed by atoms with van der Waals surface area (Å²) in [4.78, 5) is 18.1. The van der Waals surface area contributed by atoms with Crippen molar-refractivity contribution in [2.75, 3.05) is 13.1 Å². The van der Waals surface area contributed by atoms with Gasteiger partial charge in [-0.3, -0.25) is 4.79 Å². The second-order valence-electron chi connectivity index (χ2n) is 6.15. The zero-order valence-electron chi connectivity index (χ0n) is 13.9. The van der Waals surface area contributed by atoms with Gasteiger partial charge in [0.15, 0.2) is 11.5 Å². The Morgan fingerprint density at radius 1 is 1.31 bits per heavy atom. The summed E-state index contributed by atoms with van der Waals surface area (Å²) in [5.74, 6) is -0.918. The number of piperidine rings is 1. The molecule has 26 heavy (non-hydrogen) atoms. The van der Waals surface area contributed by atoms with Gasteiger partial charge in [-0.05, 0) is 13.0 Å². The number of hydrogen-bond acceptors (Lipinski definition) is 6. The first kappa shape index (κ1) is 16.9. The summed E-state index contributed by atoms with van der Waals surface area (Å²) in [6.07, 6.45) is 1.11. The van der Waals surface area contributed by atoms with E-state index in [0.717, 1.165) is 17.4 Å². The predicted octanol–water partition coefficient (Wildman–Crippen LogP) is 3.55. The lowest BCUT2D eigenvalue weighted by Gasteiger charge is -2.31. The third-order valence-electron chi connectivity index (χ3n) is 4.24. The Morgan fingerprint density at radius 3 is 2.77 bits per heavy atom. The highest BCUT2D eigenvalue weighted by molar-refractivity contribution is 7.20. The molecule has 1 aliphatic rings. The van der Waals surface area contributed by atoms with Crippen molar-refractivity contribution in [1.29, 1.82) is 0 Å². The molecule has 0 unspecified atom stereocenters. The zero-order chi connectivity index (χ0) is 18.3. The lowest BCUT2D eigenvalue weighted by atomic mass is 10.1. The molecule has 0 N–H and O–H groups in total. The molecule has 1 saturated heterocycles. The van der Waals surface area contributed by atoms with Crippen LogP contribution in [0.5, 0.6) is 5.19 Å². The van der Waals surface area contributed by atoms with E-state index in [1.165, 1.54) is 6.07 Å². The Hall–Kier alpha value is -2.55. The van der Waals surface area contributed by atoms with Gasteiger partial charge in [0.2, 0.25) is 0 Å². The molecule has 1 aliphatic heterocycles. The van der Waals surface area contributed by atoms with Crippen LogP contribution in [0.15, 0.2) is 22.7 Å². The maximum Gasteiger partial charge on any atom is 0.276 e. The van der Waals surface area contributed by atoms with Crippen LogP contribution < -0.4 is 4.74 Å². The lowest BCUT2D eigenvalue weighted by Crippen LogP contribution is -2.41. The van der Waals surface area contributed by atoms with Crippen LogP contribution in [0.1, 0.15) is 29.1 Å². The molecule has 0 aliphatic carbocycles. The molecule has 0 atom stereocenters. The van der Waals surface area contributed by atoms with Crippen molar-refractivity contribution >= 4 is 27.5 Å². The fraction of sp³-hybridized carbons (Fsp3) is 0.353. The van der Waals surface area contributed by atoms with E-state index < -0.39 is 11.6 Å². The molecule has 0 bridgehead atoms. The van der Waals surface area contributed by atoms with Crippen LogP contribution in [0.25, 0.3) is 10.2 Å². The lowest BCUT2D eigenvalue weighted by molar-refractivity contribution is 0.0586. The summed E-state index contributed by atoms with van der Waals surface area (Å²) >= 11 is 1.11. The van der Waals surface area contributed by atoms with Crippen molar-refractivity contribution in [3.8, 4) is 5.19 Å². The van der Waals surface area contributed by atoms with Gasteiger partial charge in [0.1, 0.15) is 23.2 Å². The van der Waals surface area contributed by atoms with E-state index in [-0.39, 0.29) is 17.5 Å². The monoisotopic (exact) mass is 379 g/mol. The standard InChI is InChI=1S/C17H15F2N3O3S/c1-9-6-13(21-25-9)16(23)22-4-2-11(3-5-22)24-17-20-15-12(19)7-10(18)8-14(15)26-17/h6-8,11H,2-5H2,1H3. The molecule has 4 rings (SSSR count). The van der Waals surface area contributed by atoms with Crippen LogP contribution in [0.2, 0.25) is 0 Å². The van der Waals surface area contributed by atoms with Gasteiger partial charge in [-0.1, -0.05) is 16.5 Å². The minimum Gasteiger partial charge on any atom is -0.467 e. The van der Waals surface area contributed by atoms with E-state index in [1.807, 2.05) is 0 Å². The van der Waals surface area contributed by atoms with Crippen molar-refractivity contribution in [2.24, 2.45) is 0 Å². The molecule has 0 saturated carbocycles. The number of aromatic nitrogens is 2. The van der Waals surface area contributed by atoms with Crippen LogP contribution in [-0.4, -0.2) is 40.1 Å². The molecule has 1 aromatic carbocycles. The Balaban J connectivity index is 1.39.